The van der Waals surface area contributed by atoms with Crippen LogP contribution >= 0.6 is 0 Å². The number of rotatable bonds is 5. The van der Waals surface area contributed by atoms with E-state index in [0.717, 1.165) is 0 Å². The van der Waals surface area contributed by atoms with Gasteiger partial charge in [-0.25, -0.2) is 21.6 Å². The fourth-order valence-corrected chi connectivity index (χ4v) is 4.09. The number of benzene rings is 1. The molecule has 1 saturated heterocycles. The third-order valence-electron chi connectivity index (χ3n) is 3.40. The standard InChI is InChI=1S/C12H16F2N2O4S2/c13-12(14)22(19,20)16-11-4-2-1-3-10(11)7-9-5-6-21(17,18)15-8-9/h1-4,9,12,15-16H,5-8H2. The lowest BCUT2D eigenvalue weighted by Crippen LogP contribution is -2.38. The molecule has 0 radical (unpaired) electrons. The maximum atomic E-state index is 12.4. The van der Waals surface area contributed by atoms with Crippen LogP contribution in [0.3, 0.4) is 0 Å². The number of alkyl halides is 2. The quantitative estimate of drug-likeness (QED) is 0.829. The van der Waals surface area contributed by atoms with Gasteiger partial charge >= 0.3 is 5.76 Å². The number of hydrogen-bond acceptors (Lipinski definition) is 4. The van der Waals surface area contributed by atoms with Crippen molar-refractivity contribution < 1.29 is 25.6 Å². The van der Waals surface area contributed by atoms with Crippen molar-refractivity contribution in [2.24, 2.45) is 5.92 Å². The molecule has 0 spiro atoms. The molecule has 2 rings (SSSR count). The van der Waals surface area contributed by atoms with E-state index in [1.165, 1.54) is 12.1 Å². The van der Waals surface area contributed by atoms with E-state index in [1.54, 1.807) is 12.1 Å². The van der Waals surface area contributed by atoms with Crippen LogP contribution in [-0.2, 0) is 26.5 Å². The van der Waals surface area contributed by atoms with Gasteiger partial charge in [-0.3, -0.25) is 4.72 Å². The third kappa shape index (κ3) is 4.37. The van der Waals surface area contributed by atoms with Crippen LogP contribution in [0.15, 0.2) is 24.3 Å². The molecule has 0 saturated carbocycles. The Kier molecular flexibility index (Phi) is 5.03. The molecule has 22 heavy (non-hydrogen) atoms. The largest absolute Gasteiger partial charge is 0.355 e. The van der Waals surface area contributed by atoms with E-state index >= 15 is 0 Å². The molecule has 6 nitrogen and oxygen atoms in total. The zero-order chi connectivity index (χ0) is 16.4. The molecular formula is C12H16F2N2O4S2. The van der Waals surface area contributed by atoms with Crippen LogP contribution in [0.5, 0.6) is 0 Å². The monoisotopic (exact) mass is 354 g/mol. The molecule has 1 aromatic rings. The second kappa shape index (κ2) is 6.47. The van der Waals surface area contributed by atoms with Crippen LogP contribution in [0.2, 0.25) is 0 Å². The van der Waals surface area contributed by atoms with Crippen molar-refractivity contribution in [2.75, 3.05) is 17.0 Å². The Labute approximate surface area is 128 Å². The molecular weight excluding hydrogens is 338 g/mol. The highest BCUT2D eigenvalue weighted by atomic mass is 32.2. The Bertz CT molecular complexity index is 721. The first-order valence-corrected chi connectivity index (χ1v) is 9.74. The molecule has 1 aliphatic heterocycles. The van der Waals surface area contributed by atoms with Crippen molar-refractivity contribution in [3.05, 3.63) is 29.8 Å². The van der Waals surface area contributed by atoms with E-state index in [1.807, 2.05) is 4.72 Å². The molecule has 124 valence electrons. The molecule has 1 heterocycles. The molecule has 0 aliphatic carbocycles. The summed E-state index contributed by atoms with van der Waals surface area (Å²) in [6.07, 6.45) is 0.829. The van der Waals surface area contributed by atoms with Gasteiger partial charge in [-0.2, -0.15) is 8.78 Å². The number of hydrogen-bond donors (Lipinski definition) is 2. The fraction of sp³-hybridized carbons (Fsp3) is 0.500. The summed E-state index contributed by atoms with van der Waals surface area (Å²) in [5.41, 5.74) is 0.647. The molecule has 1 fully saturated rings. The van der Waals surface area contributed by atoms with Gasteiger partial charge in [0.2, 0.25) is 10.0 Å². The molecule has 1 aliphatic rings. The highest BCUT2D eigenvalue weighted by Gasteiger charge is 2.26. The Morgan fingerprint density at radius 2 is 2.00 bits per heavy atom. The minimum Gasteiger partial charge on any atom is -0.279 e. The summed E-state index contributed by atoms with van der Waals surface area (Å²) >= 11 is 0. The zero-order valence-corrected chi connectivity index (χ0v) is 13.1. The maximum absolute atomic E-state index is 12.4. The average Bonchev–Trinajstić information content (AvgIpc) is 2.43. The molecule has 10 heteroatoms. The molecule has 0 amide bonds. The topological polar surface area (TPSA) is 92.3 Å². The van der Waals surface area contributed by atoms with Gasteiger partial charge in [0, 0.05) is 6.54 Å². The van der Waals surface area contributed by atoms with Crippen molar-refractivity contribution in [1.82, 2.24) is 4.72 Å². The summed E-state index contributed by atoms with van der Waals surface area (Å²) < 4.78 is 74.3. The first-order chi connectivity index (χ1) is 10.2. The highest BCUT2D eigenvalue weighted by Crippen LogP contribution is 2.24. The molecule has 1 atom stereocenters. The van der Waals surface area contributed by atoms with E-state index in [-0.39, 0.29) is 23.9 Å². The van der Waals surface area contributed by atoms with E-state index in [9.17, 15) is 25.6 Å². The summed E-state index contributed by atoms with van der Waals surface area (Å²) in [5.74, 6) is -3.52. The van der Waals surface area contributed by atoms with Crippen molar-refractivity contribution in [3.63, 3.8) is 0 Å². The van der Waals surface area contributed by atoms with Gasteiger partial charge in [-0.15, -0.1) is 0 Å². The number of anilines is 1. The number of nitrogens with one attached hydrogen (secondary N) is 2. The molecule has 0 aromatic heterocycles. The van der Waals surface area contributed by atoms with Crippen LogP contribution in [0.4, 0.5) is 14.5 Å². The Morgan fingerprint density at radius 1 is 1.32 bits per heavy atom. The van der Waals surface area contributed by atoms with Gasteiger partial charge < -0.3 is 0 Å². The minimum atomic E-state index is -4.73. The van der Waals surface area contributed by atoms with E-state index in [2.05, 4.69) is 4.72 Å². The third-order valence-corrected chi connectivity index (χ3v) is 5.75. The van der Waals surface area contributed by atoms with Gasteiger partial charge in [0.05, 0.1) is 11.4 Å². The smallest absolute Gasteiger partial charge is 0.279 e. The summed E-state index contributed by atoms with van der Waals surface area (Å²) in [6.45, 7) is 0.248. The summed E-state index contributed by atoms with van der Waals surface area (Å²) in [5, 5.41) is 0. The normalized spacial score (nSPS) is 21.7. The first-order valence-electron chi connectivity index (χ1n) is 6.54. The first kappa shape index (κ1) is 17.1. The molecule has 2 N–H and O–H groups in total. The van der Waals surface area contributed by atoms with Crippen molar-refractivity contribution in [1.29, 1.82) is 0 Å². The number of para-hydroxylation sites is 1. The summed E-state index contributed by atoms with van der Waals surface area (Å²) in [7, 11) is -7.95. The van der Waals surface area contributed by atoms with Crippen molar-refractivity contribution in [3.8, 4) is 0 Å². The predicted molar refractivity (Wildman–Crippen MR) is 78.6 cm³/mol. The van der Waals surface area contributed by atoms with Gasteiger partial charge in [0.25, 0.3) is 10.0 Å². The lowest BCUT2D eigenvalue weighted by atomic mass is 9.96. The lowest BCUT2D eigenvalue weighted by Gasteiger charge is -2.23. The van der Waals surface area contributed by atoms with Gasteiger partial charge in [-0.1, -0.05) is 18.2 Å². The van der Waals surface area contributed by atoms with Crippen molar-refractivity contribution >= 4 is 25.7 Å². The van der Waals surface area contributed by atoms with E-state index < -0.39 is 25.8 Å². The number of halogens is 2. The van der Waals surface area contributed by atoms with E-state index in [4.69, 9.17) is 0 Å². The maximum Gasteiger partial charge on any atom is 0.355 e. The molecule has 1 aromatic carbocycles. The van der Waals surface area contributed by atoms with Gasteiger partial charge in [0.1, 0.15) is 0 Å². The lowest BCUT2D eigenvalue weighted by molar-refractivity contribution is 0.236. The van der Waals surface area contributed by atoms with Crippen molar-refractivity contribution in [2.45, 2.75) is 18.6 Å². The van der Waals surface area contributed by atoms with Crippen LogP contribution in [-0.4, -0.2) is 34.9 Å². The van der Waals surface area contributed by atoms with Crippen LogP contribution in [0.1, 0.15) is 12.0 Å². The molecule has 1 unspecified atom stereocenters. The highest BCUT2D eigenvalue weighted by molar-refractivity contribution is 7.93. The Morgan fingerprint density at radius 3 is 2.59 bits per heavy atom. The zero-order valence-electron chi connectivity index (χ0n) is 11.5. The summed E-state index contributed by atoms with van der Waals surface area (Å²) in [4.78, 5) is 0. The van der Waals surface area contributed by atoms with Crippen LogP contribution in [0, 0.1) is 5.92 Å². The molecule has 0 bridgehead atoms. The van der Waals surface area contributed by atoms with Gasteiger partial charge in [-0.05, 0) is 30.4 Å². The van der Waals surface area contributed by atoms with E-state index in [0.29, 0.717) is 18.4 Å². The Balaban J connectivity index is 2.13. The van der Waals surface area contributed by atoms with Gasteiger partial charge in [0.15, 0.2) is 0 Å². The van der Waals surface area contributed by atoms with Crippen LogP contribution < -0.4 is 9.44 Å². The number of sulfonamides is 2. The summed E-state index contributed by atoms with van der Waals surface area (Å²) in [6, 6.07) is 6.24. The SMILES string of the molecule is O=S1(=O)CCC(Cc2ccccc2NS(=O)(=O)C(F)F)CN1. The average molecular weight is 354 g/mol. The second-order valence-electron chi connectivity index (χ2n) is 5.09. The fourth-order valence-electron chi connectivity index (χ4n) is 2.22. The second-order valence-corrected chi connectivity index (χ2v) is 8.67. The predicted octanol–water partition coefficient (Wildman–Crippen LogP) is 1.13. The minimum absolute atomic E-state index is 0.00257. The van der Waals surface area contributed by atoms with Crippen LogP contribution in [0.25, 0.3) is 0 Å². The Hall–Kier alpha value is -1.26.